The van der Waals surface area contributed by atoms with E-state index in [2.05, 4.69) is 20.8 Å². The molecule has 0 saturated carbocycles. The van der Waals surface area contributed by atoms with Crippen molar-refractivity contribution in [1.29, 1.82) is 0 Å². The standard InChI is InChI=1S/C15H18N4O4S/c1-8-4-2-3-5-9(8)16-14(22)17-15-19-18-13(24-15)11-6-10(21)12(7-20)23-11/h2-5,10-12,20-21H,6-7H2,1H3,(H2,16,17,19,22)/t10-,11-,12+/m0/s1. The molecule has 1 fully saturated rings. The van der Waals surface area contributed by atoms with Gasteiger partial charge in [-0.05, 0) is 18.6 Å². The molecule has 3 rings (SSSR count). The highest BCUT2D eigenvalue weighted by molar-refractivity contribution is 7.15. The Morgan fingerprint density at radius 3 is 2.88 bits per heavy atom. The number of hydrogen-bond acceptors (Lipinski definition) is 7. The maximum Gasteiger partial charge on any atom is 0.325 e. The molecule has 0 bridgehead atoms. The van der Waals surface area contributed by atoms with Crippen molar-refractivity contribution < 1.29 is 19.7 Å². The number of hydrogen-bond donors (Lipinski definition) is 4. The van der Waals surface area contributed by atoms with E-state index < -0.39 is 24.3 Å². The van der Waals surface area contributed by atoms with Gasteiger partial charge in [0, 0.05) is 12.1 Å². The molecule has 0 aliphatic carbocycles. The van der Waals surface area contributed by atoms with E-state index in [0.717, 1.165) is 5.56 Å². The van der Waals surface area contributed by atoms with E-state index in [4.69, 9.17) is 9.84 Å². The molecule has 24 heavy (non-hydrogen) atoms. The fourth-order valence-electron chi connectivity index (χ4n) is 2.43. The van der Waals surface area contributed by atoms with Crippen LogP contribution in [0.25, 0.3) is 0 Å². The minimum atomic E-state index is -0.732. The Kier molecular flexibility index (Phi) is 5.05. The highest BCUT2D eigenvalue weighted by atomic mass is 32.1. The Labute approximate surface area is 142 Å². The Balaban J connectivity index is 1.60. The number of aliphatic hydroxyl groups is 2. The van der Waals surface area contributed by atoms with Gasteiger partial charge in [0.2, 0.25) is 5.13 Å². The fraction of sp³-hybridized carbons (Fsp3) is 0.400. The predicted molar refractivity (Wildman–Crippen MR) is 89.1 cm³/mol. The fourth-order valence-corrected chi connectivity index (χ4v) is 3.22. The first-order valence-electron chi connectivity index (χ1n) is 7.48. The molecule has 8 nitrogen and oxygen atoms in total. The SMILES string of the molecule is Cc1ccccc1NC(=O)Nc1nnc([C@@H]2C[C@H](O)[C@@H](CO)O2)s1. The lowest BCUT2D eigenvalue weighted by Crippen LogP contribution is -2.24. The van der Waals surface area contributed by atoms with Gasteiger partial charge in [0.15, 0.2) is 0 Å². The van der Waals surface area contributed by atoms with Gasteiger partial charge in [0.25, 0.3) is 0 Å². The lowest BCUT2D eigenvalue weighted by Gasteiger charge is -2.09. The number of aliphatic hydroxyl groups excluding tert-OH is 2. The number of rotatable bonds is 4. The molecule has 3 atom stereocenters. The third kappa shape index (κ3) is 3.70. The average Bonchev–Trinajstić information content (AvgIpc) is 3.16. The van der Waals surface area contributed by atoms with Crippen molar-refractivity contribution in [3.63, 3.8) is 0 Å². The van der Waals surface area contributed by atoms with Crippen LogP contribution in [0.4, 0.5) is 15.6 Å². The van der Waals surface area contributed by atoms with Gasteiger partial charge in [-0.25, -0.2) is 4.79 Å². The van der Waals surface area contributed by atoms with Crippen LogP contribution >= 0.6 is 11.3 Å². The molecule has 9 heteroatoms. The molecule has 1 aliphatic heterocycles. The predicted octanol–water partition coefficient (Wildman–Crippen LogP) is 1.67. The van der Waals surface area contributed by atoms with Crippen LogP contribution in [0.5, 0.6) is 0 Å². The van der Waals surface area contributed by atoms with Crippen molar-refractivity contribution in [2.24, 2.45) is 0 Å². The van der Waals surface area contributed by atoms with Gasteiger partial charge in [0.1, 0.15) is 17.2 Å². The summed E-state index contributed by atoms with van der Waals surface area (Å²) >= 11 is 1.18. The number of nitrogens with one attached hydrogen (secondary N) is 2. The van der Waals surface area contributed by atoms with Crippen LogP contribution < -0.4 is 10.6 Å². The number of urea groups is 1. The minimum absolute atomic E-state index is 0.250. The highest BCUT2D eigenvalue weighted by Crippen LogP contribution is 2.35. The number of benzene rings is 1. The van der Waals surface area contributed by atoms with Gasteiger partial charge in [-0.1, -0.05) is 29.5 Å². The molecule has 1 aromatic carbocycles. The average molecular weight is 350 g/mol. The number of amides is 2. The molecule has 2 amide bonds. The summed E-state index contributed by atoms with van der Waals surface area (Å²) in [5.41, 5.74) is 1.67. The van der Waals surface area contributed by atoms with Crippen LogP contribution in [0.3, 0.4) is 0 Å². The number of carbonyl (C=O) groups excluding carboxylic acids is 1. The topological polar surface area (TPSA) is 117 Å². The molecular weight excluding hydrogens is 332 g/mol. The second kappa shape index (κ2) is 7.22. The van der Waals surface area contributed by atoms with Crippen LogP contribution in [0.2, 0.25) is 0 Å². The molecule has 2 aromatic rings. The zero-order valence-corrected chi connectivity index (χ0v) is 13.8. The Morgan fingerprint density at radius 2 is 2.17 bits per heavy atom. The Morgan fingerprint density at radius 1 is 1.38 bits per heavy atom. The molecule has 0 unspecified atom stereocenters. The molecular formula is C15H18N4O4S. The van der Waals surface area contributed by atoms with Crippen molar-refractivity contribution in [3.8, 4) is 0 Å². The van der Waals surface area contributed by atoms with Crippen LogP contribution in [0.1, 0.15) is 23.1 Å². The van der Waals surface area contributed by atoms with Gasteiger partial charge >= 0.3 is 6.03 Å². The number of anilines is 2. The maximum atomic E-state index is 12.0. The number of carbonyl (C=O) groups is 1. The molecule has 128 valence electrons. The summed E-state index contributed by atoms with van der Waals surface area (Å²) in [6.07, 6.45) is -1.43. The summed E-state index contributed by atoms with van der Waals surface area (Å²) in [5, 5.41) is 33.0. The zero-order valence-electron chi connectivity index (χ0n) is 13.0. The number of aryl methyl sites for hydroxylation is 1. The molecule has 4 N–H and O–H groups in total. The van der Waals surface area contributed by atoms with Crippen LogP contribution in [-0.2, 0) is 4.74 Å². The van der Waals surface area contributed by atoms with Gasteiger partial charge < -0.3 is 20.3 Å². The van der Waals surface area contributed by atoms with Crippen molar-refractivity contribution in [3.05, 3.63) is 34.8 Å². The first-order valence-corrected chi connectivity index (χ1v) is 8.30. The van der Waals surface area contributed by atoms with E-state index in [9.17, 15) is 9.90 Å². The highest BCUT2D eigenvalue weighted by Gasteiger charge is 2.36. The number of nitrogens with zero attached hydrogens (tertiary/aromatic N) is 2. The lowest BCUT2D eigenvalue weighted by atomic mass is 10.1. The zero-order chi connectivity index (χ0) is 17.1. The normalized spacial score (nSPS) is 23.2. The summed E-state index contributed by atoms with van der Waals surface area (Å²) < 4.78 is 5.52. The first-order chi connectivity index (χ1) is 11.6. The minimum Gasteiger partial charge on any atom is -0.394 e. The third-order valence-corrected chi connectivity index (χ3v) is 4.66. The monoisotopic (exact) mass is 350 g/mol. The van der Waals surface area contributed by atoms with E-state index >= 15 is 0 Å². The van der Waals surface area contributed by atoms with Crippen molar-refractivity contribution in [2.45, 2.75) is 31.7 Å². The summed E-state index contributed by atoms with van der Waals surface area (Å²) in [4.78, 5) is 12.0. The molecule has 0 spiro atoms. The second-order valence-electron chi connectivity index (χ2n) is 5.49. The molecule has 2 heterocycles. The summed E-state index contributed by atoms with van der Waals surface area (Å²) in [5.74, 6) is 0. The summed E-state index contributed by atoms with van der Waals surface area (Å²) in [6.45, 7) is 1.65. The Bertz CT molecular complexity index is 723. The van der Waals surface area contributed by atoms with E-state index in [1.54, 1.807) is 0 Å². The quantitative estimate of drug-likeness (QED) is 0.666. The summed E-state index contributed by atoms with van der Waals surface area (Å²) in [7, 11) is 0. The van der Waals surface area contributed by atoms with Crippen LogP contribution in [-0.4, -0.2) is 45.3 Å². The van der Waals surface area contributed by atoms with E-state index in [0.29, 0.717) is 22.2 Å². The van der Waals surface area contributed by atoms with Gasteiger partial charge in [0.05, 0.1) is 12.7 Å². The largest absolute Gasteiger partial charge is 0.394 e. The number of aromatic nitrogens is 2. The second-order valence-corrected chi connectivity index (χ2v) is 6.50. The van der Waals surface area contributed by atoms with Crippen molar-refractivity contribution in [1.82, 2.24) is 10.2 Å². The number of para-hydroxylation sites is 1. The smallest absolute Gasteiger partial charge is 0.325 e. The van der Waals surface area contributed by atoms with Crippen LogP contribution in [0.15, 0.2) is 24.3 Å². The maximum absolute atomic E-state index is 12.0. The van der Waals surface area contributed by atoms with Gasteiger partial charge in [-0.15, -0.1) is 10.2 Å². The van der Waals surface area contributed by atoms with Gasteiger partial charge in [-0.2, -0.15) is 0 Å². The Hall–Kier alpha value is -2.07. The first kappa shape index (κ1) is 16.8. The molecule has 0 radical (unpaired) electrons. The van der Waals surface area contributed by atoms with E-state index in [1.807, 2.05) is 31.2 Å². The lowest BCUT2D eigenvalue weighted by molar-refractivity contribution is -0.0227. The molecule has 1 aromatic heterocycles. The van der Waals surface area contributed by atoms with Crippen LogP contribution in [0, 0.1) is 6.92 Å². The summed E-state index contributed by atoms with van der Waals surface area (Å²) in [6, 6.07) is 7.03. The third-order valence-electron chi connectivity index (χ3n) is 3.73. The van der Waals surface area contributed by atoms with Crippen molar-refractivity contribution in [2.75, 3.05) is 17.2 Å². The van der Waals surface area contributed by atoms with E-state index in [-0.39, 0.29) is 6.61 Å². The molecule has 1 aliphatic rings. The molecule has 1 saturated heterocycles. The number of ether oxygens (including phenoxy) is 1. The van der Waals surface area contributed by atoms with Gasteiger partial charge in [-0.3, -0.25) is 5.32 Å². The van der Waals surface area contributed by atoms with Crippen molar-refractivity contribution >= 4 is 28.2 Å². The van der Waals surface area contributed by atoms with E-state index in [1.165, 1.54) is 11.3 Å².